The summed E-state index contributed by atoms with van der Waals surface area (Å²) < 4.78 is 0. The van der Waals surface area contributed by atoms with Crippen LogP contribution in [0.15, 0.2) is 60.7 Å². The number of carbonyl (C=O) groups is 2. The first-order chi connectivity index (χ1) is 12.1. The molecule has 2 aromatic carbocycles. The Morgan fingerprint density at radius 2 is 1.56 bits per heavy atom. The van der Waals surface area contributed by atoms with Crippen LogP contribution in [0.2, 0.25) is 0 Å². The lowest BCUT2D eigenvalue weighted by Crippen LogP contribution is -2.32. The Hall–Kier alpha value is -2.99. The van der Waals surface area contributed by atoms with Crippen LogP contribution in [0.4, 0.5) is 11.4 Å². The molecule has 128 valence electrons. The highest BCUT2D eigenvalue weighted by Crippen LogP contribution is 2.13. The average Bonchev–Trinajstić information content (AvgIpc) is 2.62. The lowest BCUT2D eigenvalue weighted by Gasteiger charge is -2.09. The summed E-state index contributed by atoms with van der Waals surface area (Å²) in [4.78, 5) is 23.2. The van der Waals surface area contributed by atoms with Gasteiger partial charge in [0.25, 0.3) is 0 Å². The molecule has 0 saturated heterocycles. The van der Waals surface area contributed by atoms with Gasteiger partial charge in [0.15, 0.2) is 5.11 Å². The Kier molecular flexibility index (Phi) is 6.86. The summed E-state index contributed by atoms with van der Waals surface area (Å²) in [5.41, 5.74) is 2.35. The van der Waals surface area contributed by atoms with Gasteiger partial charge in [-0.05, 0) is 48.1 Å². The summed E-state index contributed by atoms with van der Waals surface area (Å²) in [7, 11) is 0. The van der Waals surface area contributed by atoms with Crippen LogP contribution in [-0.4, -0.2) is 16.9 Å². The third kappa shape index (κ3) is 6.56. The van der Waals surface area contributed by atoms with E-state index in [1.54, 1.807) is 37.3 Å². The van der Waals surface area contributed by atoms with E-state index in [0.717, 1.165) is 5.56 Å². The van der Waals surface area contributed by atoms with Gasteiger partial charge in [-0.3, -0.25) is 14.9 Å². The number of rotatable bonds is 5. The number of carbonyl (C=O) groups excluding carboxylic acids is 2. The molecule has 0 radical (unpaired) electrons. The van der Waals surface area contributed by atoms with Crippen molar-refractivity contribution in [2.24, 2.45) is 0 Å². The highest BCUT2D eigenvalue weighted by atomic mass is 32.1. The van der Waals surface area contributed by atoms with Crippen molar-refractivity contribution in [3.8, 4) is 0 Å². The number of hydrogen-bond donors (Lipinski definition) is 3. The van der Waals surface area contributed by atoms with Gasteiger partial charge in [-0.25, -0.2) is 0 Å². The van der Waals surface area contributed by atoms with E-state index < -0.39 is 0 Å². The molecule has 0 heterocycles. The monoisotopic (exact) mass is 353 g/mol. The predicted octanol–water partition coefficient (Wildman–Crippen LogP) is 3.56. The smallest absolute Gasteiger partial charge is 0.250 e. The number of benzene rings is 2. The Labute approximate surface area is 152 Å². The highest BCUT2D eigenvalue weighted by molar-refractivity contribution is 7.80. The zero-order valence-corrected chi connectivity index (χ0v) is 14.6. The number of nitrogens with one attached hydrogen (secondary N) is 3. The van der Waals surface area contributed by atoms with E-state index in [2.05, 4.69) is 16.0 Å². The molecule has 0 aliphatic carbocycles. The van der Waals surface area contributed by atoms with Gasteiger partial charge in [0.1, 0.15) is 0 Å². The third-order valence-corrected chi connectivity index (χ3v) is 3.42. The van der Waals surface area contributed by atoms with Crippen LogP contribution in [0.25, 0.3) is 6.08 Å². The zero-order chi connectivity index (χ0) is 18.1. The molecule has 0 spiro atoms. The minimum absolute atomic E-state index is 0.0475. The summed E-state index contributed by atoms with van der Waals surface area (Å²) in [6.45, 7) is 1.79. The summed E-state index contributed by atoms with van der Waals surface area (Å²) in [5.74, 6) is -0.359. The van der Waals surface area contributed by atoms with Gasteiger partial charge in [-0.2, -0.15) is 0 Å². The zero-order valence-electron chi connectivity index (χ0n) is 13.8. The molecule has 0 fully saturated rings. The normalized spacial score (nSPS) is 10.3. The van der Waals surface area contributed by atoms with Gasteiger partial charge in [0, 0.05) is 23.9 Å². The van der Waals surface area contributed by atoms with Crippen LogP contribution in [-0.2, 0) is 9.59 Å². The van der Waals surface area contributed by atoms with Gasteiger partial charge < -0.3 is 10.6 Å². The lowest BCUT2D eigenvalue weighted by molar-refractivity contribution is -0.116. The molecule has 2 rings (SSSR count). The predicted molar refractivity (Wildman–Crippen MR) is 105 cm³/mol. The minimum Gasteiger partial charge on any atom is -0.332 e. The van der Waals surface area contributed by atoms with Crippen molar-refractivity contribution in [2.45, 2.75) is 13.3 Å². The Balaban J connectivity index is 1.84. The molecule has 0 saturated carbocycles. The molecule has 0 aliphatic heterocycles. The first-order valence-electron chi connectivity index (χ1n) is 7.82. The summed E-state index contributed by atoms with van der Waals surface area (Å²) in [6, 6.07) is 16.6. The van der Waals surface area contributed by atoms with Crippen molar-refractivity contribution in [1.29, 1.82) is 0 Å². The maximum atomic E-state index is 11.9. The summed E-state index contributed by atoms with van der Waals surface area (Å²) in [5, 5.41) is 8.46. The van der Waals surface area contributed by atoms with E-state index in [9.17, 15) is 9.59 Å². The van der Waals surface area contributed by atoms with Crippen molar-refractivity contribution in [3.05, 3.63) is 66.2 Å². The second kappa shape index (κ2) is 9.34. The largest absolute Gasteiger partial charge is 0.332 e. The number of thiocarbonyl (C=S) groups is 1. The molecule has 5 nitrogen and oxygen atoms in total. The van der Waals surface area contributed by atoms with Gasteiger partial charge in [-0.1, -0.05) is 37.3 Å². The second-order valence-corrected chi connectivity index (χ2v) is 5.57. The minimum atomic E-state index is -0.312. The maximum Gasteiger partial charge on any atom is 0.250 e. The fraction of sp³-hybridized carbons (Fsp3) is 0.105. The Morgan fingerprint density at radius 3 is 2.16 bits per heavy atom. The molecular formula is C19H19N3O2S. The molecule has 25 heavy (non-hydrogen) atoms. The van der Waals surface area contributed by atoms with E-state index in [1.807, 2.05) is 30.3 Å². The number of amides is 2. The second-order valence-electron chi connectivity index (χ2n) is 5.17. The first-order valence-corrected chi connectivity index (χ1v) is 8.22. The molecule has 0 bridgehead atoms. The summed E-state index contributed by atoms with van der Waals surface area (Å²) >= 11 is 5.12. The van der Waals surface area contributed by atoms with Crippen molar-refractivity contribution in [2.75, 3.05) is 10.6 Å². The van der Waals surface area contributed by atoms with Crippen LogP contribution in [0, 0.1) is 0 Å². The van der Waals surface area contributed by atoms with Crippen molar-refractivity contribution >= 4 is 46.6 Å². The van der Waals surface area contributed by atoms with Crippen LogP contribution in [0.5, 0.6) is 0 Å². The topological polar surface area (TPSA) is 70.2 Å². The quantitative estimate of drug-likeness (QED) is 0.568. The van der Waals surface area contributed by atoms with Gasteiger partial charge >= 0.3 is 0 Å². The first kappa shape index (κ1) is 18.4. The van der Waals surface area contributed by atoms with E-state index in [4.69, 9.17) is 12.2 Å². The molecule has 0 unspecified atom stereocenters. The number of hydrogen-bond acceptors (Lipinski definition) is 3. The molecule has 0 aliphatic rings. The lowest BCUT2D eigenvalue weighted by atomic mass is 10.2. The molecule has 0 aromatic heterocycles. The van der Waals surface area contributed by atoms with E-state index in [0.29, 0.717) is 17.8 Å². The fourth-order valence-corrected chi connectivity index (χ4v) is 2.16. The van der Waals surface area contributed by atoms with E-state index in [-0.39, 0.29) is 16.9 Å². The van der Waals surface area contributed by atoms with E-state index in [1.165, 1.54) is 6.08 Å². The molecule has 2 aromatic rings. The van der Waals surface area contributed by atoms with Gasteiger partial charge in [-0.15, -0.1) is 0 Å². The van der Waals surface area contributed by atoms with Crippen LogP contribution >= 0.6 is 12.2 Å². The van der Waals surface area contributed by atoms with Gasteiger partial charge in [0.05, 0.1) is 0 Å². The third-order valence-electron chi connectivity index (χ3n) is 3.21. The van der Waals surface area contributed by atoms with Crippen molar-refractivity contribution in [1.82, 2.24) is 5.32 Å². The van der Waals surface area contributed by atoms with E-state index >= 15 is 0 Å². The Bertz CT molecular complexity index is 771. The standard InChI is InChI=1S/C19H19N3O2S/c1-2-17(23)20-15-9-11-16(12-10-15)21-19(25)22-18(24)13-8-14-6-4-3-5-7-14/h3-13H,2H2,1H3,(H,20,23)(H2,21,22,24,25)/b13-8+. The van der Waals surface area contributed by atoms with Crippen LogP contribution in [0.1, 0.15) is 18.9 Å². The molecule has 3 N–H and O–H groups in total. The average molecular weight is 353 g/mol. The SMILES string of the molecule is CCC(=O)Nc1ccc(NC(=S)NC(=O)/C=C/c2ccccc2)cc1. The van der Waals surface area contributed by atoms with Crippen molar-refractivity contribution < 1.29 is 9.59 Å². The Morgan fingerprint density at radius 1 is 0.960 bits per heavy atom. The maximum absolute atomic E-state index is 11.9. The van der Waals surface area contributed by atoms with Crippen LogP contribution < -0.4 is 16.0 Å². The highest BCUT2D eigenvalue weighted by Gasteiger charge is 2.03. The molecule has 0 atom stereocenters. The number of anilines is 2. The molecule has 2 amide bonds. The van der Waals surface area contributed by atoms with Gasteiger partial charge in [0.2, 0.25) is 11.8 Å². The van der Waals surface area contributed by atoms with Crippen molar-refractivity contribution in [3.63, 3.8) is 0 Å². The molecule has 6 heteroatoms. The fourth-order valence-electron chi connectivity index (χ4n) is 1.94. The summed E-state index contributed by atoms with van der Waals surface area (Å²) in [6.07, 6.45) is 3.56. The molecular weight excluding hydrogens is 334 g/mol. The van der Waals surface area contributed by atoms with Crippen LogP contribution in [0.3, 0.4) is 0 Å².